The molecule has 0 bridgehead atoms. The standard InChI is InChI=1S/C32H48N7O16P/c1-16(42)25(29(47)36-22(15-55-56(52,53)54)31(49)39-11-2-4-23(39)27(45)35-21(14-41)32(50)51)37-28(46)24-5-3-10-38(24)30(48)20(13-40)34-26(44)19(33)12-17-6-8-18(43)9-7-17/h6-9,16,19-25,40-42,52-54H,2-5,10-15,33H2,1H3,(H5-,34,35,36,37,43,44,45,46,47,50,51)/p+1/t16-,19+,20+,21+,22+,23+,24+,25+/m1/s1. The van der Waals surface area contributed by atoms with Gasteiger partial charge in [-0.3, -0.25) is 28.8 Å². The Bertz CT molecular complexity index is 1580. The third-order valence-corrected chi connectivity index (χ3v) is 9.59. The quantitative estimate of drug-likeness (QED) is 0.0579. The summed E-state index contributed by atoms with van der Waals surface area (Å²) >= 11 is 0. The smallest absolute Gasteiger partial charge is 0.508 e. The molecule has 0 aliphatic carbocycles. The largest absolute Gasteiger partial charge is 0.567 e. The summed E-state index contributed by atoms with van der Waals surface area (Å²) in [6.45, 7) is -1.89. The number of nitrogens with two attached hydrogens (primary N) is 1. The molecule has 2 aliphatic rings. The number of phenols is 1. The molecule has 0 saturated carbocycles. The summed E-state index contributed by atoms with van der Waals surface area (Å²) in [5.41, 5.74) is 6.60. The van der Waals surface area contributed by atoms with Crippen LogP contribution in [0.25, 0.3) is 0 Å². The molecular formula is C32H49N7O16P+. The Hall–Kier alpha value is -4.58. The number of benzene rings is 1. The van der Waals surface area contributed by atoms with Gasteiger partial charge >= 0.3 is 14.1 Å². The number of nitrogens with zero attached hydrogens (tertiary/aromatic N) is 2. The zero-order valence-corrected chi connectivity index (χ0v) is 31.2. The van der Waals surface area contributed by atoms with Crippen molar-refractivity contribution >= 4 is 49.6 Å². The number of nitrogens with one attached hydrogen (secondary N) is 4. The van der Waals surface area contributed by atoms with Gasteiger partial charge in [-0.1, -0.05) is 12.1 Å². The van der Waals surface area contributed by atoms with E-state index < -0.39 is 118 Å². The van der Waals surface area contributed by atoms with Crippen LogP contribution < -0.4 is 27.0 Å². The van der Waals surface area contributed by atoms with Gasteiger partial charge in [-0.05, 0) is 56.7 Å². The number of carboxylic acid groups (broad SMARTS) is 1. The number of carboxylic acids is 1. The molecule has 0 unspecified atom stereocenters. The van der Waals surface area contributed by atoms with Crippen molar-refractivity contribution in [2.75, 3.05) is 32.9 Å². The van der Waals surface area contributed by atoms with Gasteiger partial charge in [-0.15, -0.1) is 0 Å². The fourth-order valence-corrected chi connectivity index (χ4v) is 6.52. The monoisotopic (exact) mass is 818 g/mol. The van der Waals surface area contributed by atoms with Crippen molar-refractivity contribution in [1.29, 1.82) is 0 Å². The molecule has 0 spiro atoms. The summed E-state index contributed by atoms with van der Waals surface area (Å²) < 4.78 is 4.58. The lowest BCUT2D eigenvalue weighted by Gasteiger charge is -2.31. The van der Waals surface area contributed by atoms with Gasteiger partial charge in [0.15, 0.2) is 0 Å². The van der Waals surface area contributed by atoms with Gasteiger partial charge in [0.25, 0.3) is 0 Å². The second-order valence-electron chi connectivity index (χ2n) is 13.3. The van der Waals surface area contributed by atoms with Gasteiger partial charge in [0, 0.05) is 13.1 Å². The Balaban J connectivity index is 1.72. The molecule has 2 fully saturated rings. The molecule has 2 saturated heterocycles. The van der Waals surface area contributed by atoms with Crippen molar-refractivity contribution in [3.8, 4) is 5.75 Å². The van der Waals surface area contributed by atoms with Crippen molar-refractivity contribution in [3.05, 3.63) is 29.8 Å². The van der Waals surface area contributed by atoms with Crippen LogP contribution in [0.15, 0.2) is 24.3 Å². The van der Waals surface area contributed by atoms with Crippen LogP contribution in [0.5, 0.6) is 5.75 Å². The van der Waals surface area contributed by atoms with E-state index in [1.165, 1.54) is 12.1 Å². The molecule has 6 amide bonds. The first-order chi connectivity index (χ1) is 26.3. The molecule has 1 aromatic carbocycles. The number of aliphatic hydroxyl groups excluding tert-OH is 3. The highest BCUT2D eigenvalue weighted by atomic mass is 31.2. The highest BCUT2D eigenvalue weighted by Gasteiger charge is 2.44. The third kappa shape index (κ3) is 12.7. The molecule has 56 heavy (non-hydrogen) atoms. The normalized spacial score (nSPS) is 20.2. The zero-order chi connectivity index (χ0) is 41.9. The fourth-order valence-electron chi connectivity index (χ4n) is 6.17. The summed E-state index contributed by atoms with van der Waals surface area (Å²) in [5.74, 6) is -7.37. The summed E-state index contributed by atoms with van der Waals surface area (Å²) in [5, 5.41) is 57.4. The van der Waals surface area contributed by atoms with Crippen molar-refractivity contribution in [2.24, 2.45) is 5.73 Å². The van der Waals surface area contributed by atoms with Crippen molar-refractivity contribution < 1.29 is 78.3 Å². The molecule has 23 nitrogen and oxygen atoms in total. The second kappa shape index (κ2) is 20.5. The number of amides is 6. The minimum absolute atomic E-state index is 0.00510. The highest BCUT2D eigenvalue weighted by Crippen LogP contribution is 2.45. The van der Waals surface area contributed by atoms with Gasteiger partial charge in [-0.25, -0.2) is 4.79 Å². The molecule has 24 heteroatoms. The Morgan fingerprint density at radius 2 is 1.30 bits per heavy atom. The van der Waals surface area contributed by atoms with Crippen molar-refractivity contribution in [1.82, 2.24) is 31.1 Å². The van der Waals surface area contributed by atoms with E-state index in [-0.39, 0.29) is 44.5 Å². The number of aliphatic hydroxyl groups is 3. The average Bonchev–Trinajstić information content (AvgIpc) is 3.84. The molecule has 312 valence electrons. The first-order valence-electron chi connectivity index (χ1n) is 17.5. The van der Waals surface area contributed by atoms with Crippen LogP contribution in [0.1, 0.15) is 38.2 Å². The maximum atomic E-state index is 13.6. The molecule has 1 aromatic rings. The second-order valence-corrected chi connectivity index (χ2v) is 14.6. The lowest BCUT2D eigenvalue weighted by molar-refractivity contribution is -0.146. The van der Waals surface area contributed by atoms with Crippen LogP contribution in [0.4, 0.5) is 0 Å². The van der Waals surface area contributed by atoms with E-state index in [4.69, 9.17) is 5.73 Å². The topological polar surface area (TPSA) is 371 Å². The Morgan fingerprint density at radius 3 is 1.79 bits per heavy atom. The summed E-state index contributed by atoms with van der Waals surface area (Å²) in [7, 11) is -5.00. The van der Waals surface area contributed by atoms with E-state index in [2.05, 4.69) is 25.8 Å². The van der Waals surface area contributed by atoms with Crippen LogP contribution in [-0.2, 0) is 44.5 Å². The van der Waals surface area contributed by atoms with E-state index in [1.807, 2.05) is 0 Å². The lowest BCUT2D eigenvalue weighted by Crippen LogP contribution is -2.62. The number of aliphatic carboxylic acids is 1. The van der Waals surface area contributed by atoms with Crippen LogP contribution in [0.2, 0.25) is 0 Å². The van der Waals surface area contributed by atoms with Crippen LogP contribution >= 0.6 is 8.17 Å². The number of hydrogen-bond acceptors (Lipinski definition) is 16. The summed E-state index contributed by atoms with van der Waals surface area (Å²) in [6, 6.07) is -4.72. The van der Waals surface area contributed by atoms with E-state index in [9.17, 15) is 73.8 Å². The first-order valence-corrected chi connectivity index (χ1v) is 19.0. The molecule has 3 rings (SSSR count). The number of phenolic OH excluding ortho intramolecular Hbond substituents is 1. The molecule has 14 N–H and O–H groups in total. The molecular weight excluding hydrogens is 769 g/mol. The zero-order valence-electron chi connectivity index (χ0n) is 30.3. The molecule has 0 radical (unpaired) electrons. The van der Waals surface area contributed by atoms with Crippen molar-refractivity contribution in [3.63, 3.8) is 0 Å². The fraction of sp³-hybridized carbons (Fsp3) is 0.594. The number of rotatable bonds is 19. The average molecular weight is 819 g/mol. The van der Waals surface area contributed by atoms with Gasteiger partial charge in [0.2, 0.25) is 35.4 Å². The predicted molar refractivity (Wildman–Crippen MR) is 190 cm³/mol. The van der Waals surface area contributed by atoms with Crippen LogP contribution in [0.3, 0.4) is 0 Å². The van der Waals surface area contributed by atoms with Gasteiger partial charge < -0.3 is 62.3 Å². The van der Waals surface area contributed by atoms with Gasteiger partial charge in [-0.2, -0.15) is 19.2 Å². The van der Waals surface area contributed by atoms with Crippen LogP contribution in [0, 0.1) is 0 Å². The summed E-state index contributed by atoms with van der Waals surface area (Å²) in [6.07, 6.45) is -1.000. The minimum atomic E-state index is -5.00. The molecule has 2 aliphatic heterocycles. The highest BCUT2D eigenvalue weighted by molar-refractivity contribution is 7.53. The number of likely N-dealkylation sites (tertiary alicyclic amines) is 2. The van der Waals surface area contributed by atoms with E-state index >= 15 is 0 Å². The Morgan fingerprint density at radius 1 is 0.804 bits per heavy atom. The lowest BCUT2D eigenvalue weighted by atomic mass is 10.1. The number of carbonyl (C=O) groups is 7. The summed E-state index contributed by atoms with van der Waals surface area (Å²) in [4.78, 5) is 121. The maximum Gasteiger partial charge on any atom is 0.567 e. The van der Waals surface area contributed by atoms with Crippen molar-refractivity contribution in [2.45, 2.75) is 87.4 Å². The number of aromatic hydroxyl groups is 1. The Kier molecular flexibility index (Phi) is 16.8. The van der Waals surface area contributed by atoms with E-state index in [0.717, 1.165) is 16.7 Å². The number of carbonyl (C=O) groups excluding carboxylic acids is 6. The third-order valence-electron chi connectivity index (χ3n) is 9.09. The Labute approximate surface area is 320 Å². The van der Waals surface area contributed by atoms with E-state index in [0.29, 0.717) is 12.0 Å². The van der Waals surface area contributed by atoms with Gasteiger partial charge in [0.1, 0.15) is 48.6 Å². The minimum Gasteiger partial charge on any atom is -0.508 e. The van der Waals surface area contributed by atoms with Gasteiger partial charge in [0.05, 0.1) is 25.4 Å². The molecule has 0 aromatic heterocycles. The number of hydrogen-bond donors (Lipinski definition) is 13. The first kappa shape index (κ1) is 45.8. The van der Waals surface area contributed by atoms with E-state index in [1.54, 1.807) is 12.1 Å². The molecule has 2 heterocycles. The maximum absolute atomic E-state index is 13.6. The SMILES string of the molecule is C[C@@H](O)[C@H](NC(=O)[C@@H]1CCCN1C(=O)[C@H](CO)NC(=O)[C@@H](N)Cc1ccc(O)cc1)C(=O)N[C@@H](CO[P+](O)(O)O)C(=O)N1CCC[C@H]1C(=O)N[C@@H](CO)C(=O)O. The van der Waals surface area contributed by atoms with Crippen LogP contribution in [-0.4, -0.2) is 173 Å². The predicted octanol–water partition coefficient (Wildman–Crippen LogP) is -5.70. The molecule has 8 atom stereocenters.